The molecule has 156 valence electrons. The van der Waals surface area contributed by atoms with Gasteiger partial charge in [0.1, 0.15) is 18.5 Å². The summed E-state index contributed by atoms with van der Waals surface area (Å²) in [5.41, 5.74) is -0.645. The van der Waals surface area contributed by atoms with E-state index in [1.165, 1.54) is 11.6 Å². The van der Waals surface area contributed by atoms with Gasteiger partial charge in [-0.25, -0.2) is 4.79 Å². The quantitative estimate of drug-likeness (QED) is 0.453. The Morgan fingerprint density at radius 3 is 2.83 bits per heavy atom. The number of unbranched alkanes of at least 4 members (excludes halogenated alkanes) is 1. The van der Waals surface area contributed by atoms with Crippen LogP contribution in [0.2, 0.25) is 5.02 Å². The van der Waals surface area contributed by atoms with Gasteiger partial charge >= 0.3 is 5.69 Å². The second-order valence-corrected chi connectivity index (χ2v) is 7.12. The molecule has 0 bridgehead atoms. The van der Waals surface area contributed by atoms with Crippen LogP contribution in [-0.4, -0.2) is 43.5 Å². The van der Waals surface area contributed by atoms with Crippen LogP contribution in [0.3, 0.4) is 0 Å². The number of nitrogens with zero attached hydrogens (tertiary/aromatic N) is 3. The molecule has 0 spiro atoms. The Morgan fingerprint density at radius 2 is 2.10 bits per heavy atom. The van der Waals surface area contributed by atoms with Gasteiger partial charge in [0.25, 0.3) is 5.56 Å². The lowest BCUT2D eigenvalue weighted by Crippen LogP contribution is -2.31. The van der Waals surface area contributed by atoms with Crippen molar-refractivity contribution in [1.82, 2.24) is 19.1 Å². The second kappa shape index (κ2) is 9.15. The number of aryl methyl sites for hydroxylation is 1. The molecule has 0 saturated heterocycles. The molecule has 2 heterocycles. The number of aromatic amines is 1. The molecule has 0 unspecified atom stereocenters. The van der Waals surface area contributed by atoms with Gasteiger partial charge in [-0.05, 0) is 18.6 Å². The predicted octanol–water partition coefficient (Wildman–Crippen LogP) is 1.73. The van der Waals surface area contributed by atoms with Gasteiger partial charge in [0, 0.05) is 13.6 Å². The largest absolute Gasteiger partial charge is 0.489 e. The summed E-state index contributed by atoms with van der Waals surface area (Å²) in [5, 5.41) is 14.1. The third-order valence-corrected chi connectivity index (χ3v) is 4.79. The minimum absolute atomic E-state index is 0.0263. The monoisotopic (exact) mass is 421 g/mol. The minimum Gasteiger partial charge on any atom is -0.489 e. The minimum atomic E-state index is -0.938. The number of para-hydroxylation sites is 1. The van der Waals surface area contributed by atoms with E-state index in [9.17, 15) is 14.7 Å². The molecule has 3 N–H and O–H groups in total. The first-order valence-electron chi connectivity index (χ1n) is 9.41. The van der Waals surface area contributed by atoms with Crippen LogP contribution >= 0.6 is 11.6 Å². The van der Waals surface area contributed by atoms with Crippen molar-refractivity contribution in [2.45, 2.75) is 32.4 Å². The number of H-pyrrole nitrogens is 1. The van der Waals surface area contributed by atoms with Crippen molar-refractivity contribution in [3.63, 3.8) is 0 Å². The SMILES string of the molecule is CCCCNc1nc2c(c(=O)[nH]c(=O)n2C)n1C[C@H](O)COc1ccccc1Cl. The maximum atomic E-state index is 12.4. The highest BCUT2D eigenvalue weighted by Crippen LogP contribution is 2.23. The van der Waals surface area contributed by atoms with Crippen molar-refractivity contribution in [2.75, 3.05) is 18.5 Å². The Labute approximate surface area is 171 Å². The lowest BCUT2D eigenvalue weighted by molar-refractivity contribution is 0.0939. The summed E-state index contributed by atoms with van der Waals surface area (Å²) in [4.78, 5) is 31.0. The van der Waals surface area contributed by atoms with Gasteiger partial charge in [0.05, 0.1) is 11.6 Å². The van der Waals surface area contributed by atoms with Crippen molar-refractivity contribution in [2.24, 2.45) is 7.05 Å². The molecular formula is C19H24ClN5O4. The van der Waals surface area contributed by atoms with Gasteiger partial charge in [-0.2, -0.15) is 4.98 Å². The van der Waals surface area contributed by atoms with Crippen LogP contribution in [0.25, 0.3) is 11.2 Å². The topological polar surface area (TPSA) is 114 Å². The summed E-state index contributed by atoms with van der Waals surface area (Å²) >= 11 is 6.07. The number of benzene rings is 1. The van der Waals surface area contributed by atoms with Crippen molar-refractivity contribution in [1.29, 1.82) is 0 Å². The zero-order valence-electron chi connectivity index (χ0n) is 16.3. The fraction of sp³-hybridized carbons (Fsp3) is 0.421. The molecule has 0 aliphatic rings. The summed E-state index contributed by atoms with van der Waals surface area (Å²) in [6, 6.07) is 6.98. The van der Waals surface area contributed by atoms with E-state index >= 15 is 0 Å². The van der Waals surface area contributed by atoms with Crippen LogP contribution in [0, 0.1) is 0 Å². The highest BCUT2D eigenvalue weighted by molar-refractivity contribution is 6.32. The molecule has 0 radical (unpaired) electrons. The van der Waals surface area contributed by atoms with Crippen LogP contribution < -0.4 is 21.3 Å². The first-order valence-corrected chi connectivity index (χ1v) is 9.79. The van der Waals surface area contributed by atoms with Gasteiger partial charge in [-0.15, -0.1) is 0 Å². The predicted molar refractivity (Wildman–Crippen MR) is 112 cm³/mol. The van der Waals surface area contributed by atoms with Gasteiger partial charge in [0.15, 0.2) is 11.2 Å². The number of hydrogen-bond acceptors (Lipinski definition) is 6. The average Bonchev–Trinajstić information content (AvgIpc) is 3.04. The Balaban J connectivity index is 1.88. The highest BCUT2D eigenvalue weighted by Gasteiger charge is 2.20. The first-order chi connectivity index (χ1) is 13.9. The third-order valence-electron chi connectivity index (χ3n) is 4.48. The van der Waals surface area contributed by atoms with E-state index in [0.29, 0.717) is 23.3 Å². The number of imidazole rings is 1. The van der Waals surface area contributed by atoms with Crippen molar-refractivity contribution in [3.8, 4) is 5.75 Å². The summed E-state index contributed by atoms with van der Waals surface area (Å²) in [5.74, 6) is 0.877. The van der Waals surface area contributed by atoms with Crippen LogP contribution in [0.4, 0.5) is 5.95 Å². The van der Waals surface area contributed by atoms with Gasteiger partial charge < -0.3 is 19.7 Å². The standard InChI is InChI=1S/C19H24ClN5O4/c1-3-4-9-21-18-22-16-15(17(27)23-19(28)24(16)2)25(18)10-12(26)11-29-14-8-6-5-7-13(14)20/h5-8,12,26H,3-4,9-11H2,1-2H3,(H,21,22)(H,23,27,28)/t12-/m0/s1. The summed E-state index contributed by atoms with van der Waals surface area (Å²) in [6.45, 7) is 2.74. The lowest BCUT2D eigenvalue weighted by Gasteiger charge is -2.16. The van der Waals surface area contributed by atoms with E-state index in [1.807, 2.05) is 0 Å². The molecule has 29 heavy (non-hydrogen) atoms. The van der Waals surface area contributed by atoms with Crippen LogP contribution in [0.15, 0.2) is 33.9 Å². The number of hydrogen-bond donors (Lipinski definition) is 3. The summed E-state index contributed by atoms with van der Waals surface area (Å²) in [6.07, 6.45) is 0.962. The molecule has 1 aromatic carbocycles. The molecule has 3 aromatic rings. The summed E-state index contributed by atoms with van der Waals surface area (Å²) in [7, 11) is 1.53. The van der Waals surface area contributed by atoms with Gasteiger partial charge in [0.2, 0.25) is 5.95 Å². The molecule has 0 aliphatic heterocycles. The second-order valence-electron chi connectivity index (χ2n) is 6.71. The molecule has 0 saturated carbocycles. The van der Waals surface area contributed by atoms with E-state index in [2.05, 4.69) is 22.2 Å². The average molecular weight is 422 g/mol. The van der Waals surface area contributed by atoms with Crippen molar-refractivity contribution in [3.05, 3.63) is 50.1 Å². The van der Waals surface area contributed by atoms with E-state index in [4.69, 9.17) is 16.3 Å². The fourth-order valence-electron chi connectivity index (χ4n) is 2.94. The van der Waals surface area contributed by atoms with Crippen LogP contribution in [0.1, 0.15) is 19.8 Å². The molecule has 0 aliphatic carbocycles. The number of aliphatic hydroxyl groups is 1. The van der Waals surface area contributed by atoms with Crippen molar-refractivity contribution >= 4 is 28.7 Å². The van der Waals surface area contributed by atoms with Crippen LogP contribution in [-0.2, 0) is 13.6 Å². The number of fused-ring (bicyclic) bond motifs is 1. The molecule has 2 aromatic heterocycles. The number of anilines is 1. The van der Waals surface area contributed by atoms with E-state index < -0.39 is 17.4 Å². The number of aromatic nitrogens is 4. The molecule has 3 rings (SSSR count). The third kappa shape index (κ3) is 4.63. The molecular weight excluding hydrogens is 398 g/mol. The number of nitrogens with one attached hydrogen (secondary N) is 2. The highest BCUT2D eigenvalue weighted by atomic mass is 35.5. The Morgan fingerprint density at radius 1 is 1.34 bits per heavy atom. The van der Waals surface area contributed by atoms with Gasteiger partial charge in [-0.3, -0.25) is 14.3 Å². The number of rotatable bonds is 9. The maximum absolute atomic E-state index is 12.4. The number of aliphatic hydroxyl groups excluding tert-OH is 1. The zero-order chi connectivity index (χ0) is 21.0. The Kier molecular flexibility index (Phi) is 6.60. The lowest BCUT2D eigenvalue weighted by atomic mass is 10.3. The fourth-order valence-corrected chi connectivity index (χ4v) is 3.13. The Bertz CT molecular complexity index is 1100. The molecule has 0 amide bonds. The van der Waals surface area contributed by atoms with E-state index in [0.717, 1.165) is 12.8 Å². The molecule has 0 fully saturated rings. The Hall–Kier alpha value is -2.78. The normalized spacial score (nSPS) is 12.3. The molecule has 1 atom stereocenters. The molecule has 10 heteroatoms. The molecule has 9 nitrogen and oxygen atoms in total. The number of ether oxygens (including phenoxy) is 1. The van der Waals surface area contributed by atoms with Crippen molar-refractivity contribution < 1.29 is 9.84 Å². The zero-order valence-corrected chi connectivity index (χ0v) is 17.1. The first kappa shape index (κ1) is 20.9. The smallest absolute Gasteiger partial charge is 0.329 e. The van der Waals surface area contributed by atoms with Gasteiger partial charge in [-0.1, -0.05) is 37.1 Å². The van der Waals surface area contributed by atoms with E-state index in [1.54, 1.807) is 28.8 Å². The number of halogens is 1. The van der Waals surface area contributed by atoms with Crippen LogP contribution in [0.5, 0.6) is 5.75 Å². The summed E-state index contributed by atoms with van der Waals surface area (Å²) < 4.78 is 8.44. The maximum Gasteiger partial charge on any atom is 0.329 e. The van der Waals surface area contributed by atoms with E-state index in [-0.39, 0.29) is 24.3 Å².